The van der Waals surface area contributed by atoms with Crippen molar-refractivity contribution in [1.82, 2.24) is 9.78 Å². The molecule has 0 spiro atoms. The molecule has 7 heteroatoms. The minimum atomic E-state index is -4.44. The molecule has 0 radical (unpaired) electrons. The second kappa shape index (κ2) is 3.64. The summed E-state index contributed by atoms with van der Waals surface area (Å²) in [5.41, 5.74) is -0.627. The van der Waals surface area contributed by atoms with Crippen LogP contribution in [0.15, 0.2) is 0 Å². The number of aromatic nitrogens is 2. The molecule has 0 unspecified atom stereocenters. The Morgan fingerprint density at radius 1 is 1.54 bits per heavy atom. The lowest BCUT2D eigenvalue weighted by molar-refractivity contribution is -0.143. The van der Waals surface area contributed by atoms with Crippen molar-refractivity contribution in [2.45, 2.75) is 10.6 Å². The predicted octanol–water partition coefficient (Wildman–Crippen LogP) is 3.03. The van der Waals surface area contributed by atoms with E-state index in [0.29, 0.717) is 4.43 Å². The van der Waals surface area contributed by atoms with Crippen molar-refractivity contribution in [3.63, 3.8) is 0 Å². The first-order valence-corrected chi connectivity index (χ1v) is 5.12. The van der Waals surface area contributed by atoms with Crippen LogP contribution in [0.5, 0.6) is 0 Å². The third-order valence-corrected chi connectivity index (χ3v) is 2.57. The number of alkyl halides is 4. The molecule has 1 aromatic rings. The zero-order valence-electron chi connectivity index (χ0n) is 6.49. The molecule has 13 heavy (non-hydrogen) atoms. The van der Waals surface area contributed by atoms with Crippen molar-refractivity contribution in [2.24, 2.45) is 7.05 Å². The fraction of sp³-hybridized carbons (Fsp3) is 0.500. The van der Waals surface area contributed by atoms with Gasteiger partial charge in [0.05, 0.1) is 10.7 Å². The lowest BCUT2D eigenvalue weighted by Crippen LogP contribution is -2.12. The summed E-state index contributed by atoms with van der Waals surface area (Å²) in [4.78, 5) is 0. The zero-order chi connectivity index (χ0) is 10.2. The van der Waals surface area contributed by atoms with Crippen LogP contribution in [0.2, 0.25) is 5.02 Å². The van der Waals surface area contributed by atoms with E-state index in [-0.39, 0.29) is 10.7 Å². The minimum Gasteiger partial charge on any atom is -0.262 e. The molecule has 1 aromatic heterocycles. The van der Waals surface area contributed by atoms with Crippen LogP contribution in [-0.2, 0) is 17.7 Å². The van der Waals surface area contributed by atoms with Crippen molar-refractivity contribution in [1.29, 1.82) is 0 Å². The van der Waals surface area contributed by atoms with E-state index in [2.05, 4.69) is 5.10 Å². The molecular weight excluding hydrogens is 319 g/mol. The summed E-state index contributed by atoms with van der Waals surface area (Å²) in [7, 11) is 1.23. The fourth-order valence-electron chi connectivity index (χ4n) is 0.947. The van der Waals surface area contributed by atoms with Gasteiger partial charge in [0.1, 0.15) is 0 Å². The number of aryl methyl sites for hydroxylation is 1. The largest absolute Gasteiger partial charge is 0.434 e. The molecule has 0 aromatic carbocycles. The second-order valence-electron chi connectivity index (χ2n) is 2.36. The molecule has 1 heterocycles. The molecule has 0 aliphatic rings. The highest BCUT2D eigenvalue weighted by atomic mass is 127. The van der Waals surface area contributed by atoms with Crippen molar-refractivity contribution in [3.05, 3.63) is 16.4 Å². The maximum absolute atomic E-state index is 12.3. The highest BCUT2D eigenvalue weighted by Crippen LogP contribution is 2.36. The fourth-order valence-corrected chi connectivity index (χ4v) is 2.04. The summed E-state index contributed by atoms with van der Waals surface area (Å²) in [6.07, 6.45) is -4.44. The van der Waals surface area contributed by atoms with Gasteiger partial charge in [0, 0.05) is 11.5 Å². The van der Waals surface area contributed by atoms with Crippen molar-refractivity contribution in [3.8, 4) is 0 Å². The minimum absolute atomic E-state index is 0.261. The van der Waals surface area contributed by atoms with Crippen LogP contribution in [0.1, 0.15) is 11.4 Å². The van der Waals surface area contributed by atoms with Gasteiger partial charge in [0.25, 0.3) is 0 Å². The number of hydrogen-bond acceptors (Lipinski definition) is 1. The summed E-state index contributed by atoms with van der Waals surface area (Å²) in [6.45, 7) is 0. The third kappa shape index (κ3) is 2.09. The van der Waals surface area contributed by atoms with Crippen molar-refractivity contribution in [2.75, 3.05) is 0 Å². The Morgan fingerprint density at radius 2 is 2.08 bits per heavy atom. The highest BCUT2D eigenvalue weighted by Gasteiger charge is 2.38. The van der Waals surface area contributed by atoms with E-state index < -0.39 is 11.9 Å². The zero-order valence-corrected chi connectivity index (χ0v) is 9.40. The molecule has 2 nitrogen and oxygen atoms in total. The topological polar surface area (TPSA) is 17.8 Å². The molecule has 0 fully saturated rings. The molecule has 0 aliphatic heterocycles. The molecule has 0 atom stereocenters. The maximum Gasteiger partial charge on any atom is 0.434 e. The van der Waals surface area contributed by atoms with Crippen LogP contribution < -0.4 is 0 Å². The first-order chi connectivity index (χ1) is 5.88. The van der Waals surface area contributed by atoms with Crippen molar-refractivity contribution < 1.29 is 13.2 Å². The van der Waals surface area contributed by atoms with E-state index in [1.165, 1.54) is 7.05 Å². The van der Waals surface area contributed by atoms with Gasteiger partial charge < -0.3 is 0 Å². The van der Waals surface area contributed by atoms with E-state index in [9.17, 15) is 13.2 Å². The molecule has 0 amide bonds. The number of halogens is 5. The van der Waals surface area contributed by atoms with Crippen LogP contribution >= 0.6 is 34.2 Å². The normalized spacial score (nSPS) is 12.2. The maximum atomic E-state index is 12.3. The summed E-state index contributed by atoms with van der Waals surface area (Å²) < 4.78 is 38.1. The van der Waals surface area contributed by atoms with E-state index in [1.807, 2.05) is 22.6 Å². The second-order valence-corrected chi connectivity index (χ2v) is 3.51. The Labute approximate surface area is 91.2 Å². The average Bonchev–Trinajstić information content (AvgIpc) is 2.24. The quantitative estimate of drug-likeness (QED) is 0.573. The SMILES string of the molecule is Cn1nc(CI)c(Cl)c1C(F)(F)F. The third-order valence-electron chi connectivity index (χ3n) is 1.45. The summed E-state index contributed by atoms with van der Waals surface area (Å²) in [5, 5.41) is 3.35. The average molecular weight is 324 g/mol. The smallest absolute Gasteiger partial charge is 0.262 e. The predicted molar refractivity (Wildman–Crippen MR) is 50.9 cm³/mol. The van der Waals surface area contributed by atoms with Crippen LogP contribution in [-0.4, -0.2) is 9.78 Å². The standard InChI is InChI=1S/C6H5ClF3IN2/c1-13-5(6(8,9)10)4(7)3(2-11)12-13/h2H2,1H3. The van der Waals surface area contributed by atoms with Crippen molar-refractivity contribution >= 4 is 34.2 Å². The van der Waals surface area contributed by atoms with Gasteiger partial charge in [-0.15, -0.1) is 0 Å². The molecule has 0 saturated carbocycles. The van der Waals surface area contributed by atoms with Gasteiger partial charge in [0.2, 0.25) is 0 Å². The van der Waals surface area contributed by atoms with Crippen LogP contribution in [0.4, 0.5) is 13.2 Å². The Morgan fingerprint density at radius 3 is 2.31 bits per heavy atom. The van der Waals surface area contributed by atoms with Crippen LogP contribution in [0.25, 0.3) is 0 Å². The lowest BCUT2D eigenvalue weighted by atomic mass is 10.3. The van der Waals surface area contributed by atoms with E-state index in [4.69, 9.17) is 11.6 Å². The monoisotopic (exact) mass is 324 g/mol. The number of hydrogen-bond donors (Lipinski definition) is 0. The Bertz CT molecular complexity index is 320. The summed E-state index contributed by atoms with van der Waals surface area (Å²) in [5.74, 6) is 0. The highest BCUT2D eigenvalue weighted by molar-refractivity contribution is 14.1. The molecule has 74 valence electrons. The van der Waals surface area contributed by atoms with Gasteiger partial charge in [-0.05, 0) is 0 Å². The summed E-state index contributed by atoms with van der Waals surface area (Å²) >= 11 is 7.42. The van der Waals surface area contributed by atoms with Gasteiger partial charge in [0.15, 0.2) is 5.69 Å². The molecule has 0 N–H and O–H groups in total. The van der Waals surface area contributed by atoms with Gasteiger partial charge in [-0.1, -0.05) is 34.2 Å². The molecule has 0 aliphatic carbocycles. The van der Waals surface area contributed by atoms with E-state index in [0.717, 1.165) is 4.68 Å². The van der Waals surface area contributed by atoms with Gasteiger partial charge >= 0.3 is 6.18 Å². The van der Waals surface area contributed by atoms with Gasteiger partial charge in [-0.25, -0.2) is 0 Å². The first-order valence-electron chi connectivity index (χ1n) is 3.22. The Kier molecular flexibility index (Phi) is 3.11. The molecule has 0 saturated heterocycles. The molecule has 0 bridgehead atoms. The Hall–Kier alpha value is 0.0200. The van der Waals surface area contributed by atoms with Crippen LogP contribution in [0, 0.1) is 0 Å². The van der Waals surface area contributed by atoms with Crippen LogP contribution in [0.3, 0.4) is 0 Å². The number of rotatable bonds is 1. The molecule has 1 rings (SSSR count). The summed E-state index contributed by atoms with van der Waals surface area (Å²) in [6, 6.07) is 0. The van der Waals surface area contributed by atoms with E-state index in [1.54, 1.807) is 0 Å². The molecular formula is C6H5ClF3IN2. The number of nitrogens with zero attached hydrogens (tertiary/aromatic N) is 2. The van der Waals surface area contributed by atoms with E-state index >= 15 is 0 Å². The van der Waals surface area contributed by atoms with Gasteiger partial charge in [-0.2, -0.15) is 18.3 Å². The first kappa shape index (κ1) is 11.1. The van der Waals surface area contributed by atoms with Gasteiger partial charge in [-0.3, -0.25) is 4.68 Å². The lowest BCUT2D eigenvalue weighted by Gasteiger charge is -2.06. The Balaban J connectivity index is 3.29.